The van der Waals surface area contributed by atoms with Gasteiger partial charge in [0.1, 0.15) is 0 Å². The van der Waals surface area contributed by atoms with Crippen molar-refractivity contribution in [2.45, 2.75) is 25.3 Å². The number of aromatic amines is 1. The molecule has 3 N–H and O–H groups in total. The van der Waals surface area contributed by atoms with Crippen LogP contribution in [0.25, 0.3) is 10.9 Å². The van der Waals surface area contributed by atoms with Crippen molar-refractivity contribution in [1.82, 2.24) is 15.6 Å². The van der Waals surface area contributed by atoms with Crippen LogP contribution in [0.4, 0.5) is 0 Å². The minimum absolute atomic E-state index is 0.00706. The summed E-state index contributed by atoms with van der Waals surface area (Å²) in [4.78, 5) is 26.5. The second-order valence-corrected chi connectivity index (χ2v) is 5.13. The van der Waals surface area contributed by atoms with Crippen LogP contribution in [-0.4, -0.2) is 29.4 Å². The molecule has 0 unspecified atom stereocenters. The lowest BCUT2D eigenvalue weighted by Gasteiger charge is -2.06. The second-order valence-electron chi connectivity index (χ2n) is 5.13. The van der Waals surface area contributed by atoms with E-state index in [2.05, 4.69) is 15.6 Å². The van der Waals surface area contributed by atoms with Gasteiger partial charge in [-0.05, 0) is 36.4 Å². The fraction of sp³-hybridized carbons (Fsp3) is 0.333. The molecule has 2 amide bonds. The summed E-state index contributed by atoms with van der Waals surface area (Å²) in [5.41, 5.74) is 1.53. The average Bonchev–Trinajstić information content (AvgIpc) is 3.12. The molecule has 1 aromatic carbocycles. The summed E-state index contributed by atoms with van der Waals surface area (Å²) >= 11 is 0. The number of carbonyl (C=O) groups excluding carboxylic acids is 2. The van der Waals surface area contributed by atoms with Crippen molar-refractivity contribution in [2.75, 3.05) is 6.54 Å². The van der Waals surface area contributed by atoms with Crippen molar-refractivity contribution < 1.29 is 9.59 Å². The van der Waals surface area contributed by atoms with E-state index >= 15 is 0 Å². The van der Waals surface area contributed by atoms with Crippen LogP contribution in [0, 0.1) is 0 Å². The van der Waals surface area contributed by atoms with Crippen LogP contribution in [-0.2, 0) is 4.79 Å². The molecule has 5 nitrogen and oxygen atoms in total. The highest BCUT2D eigenvalue weighted by atomic mass is 16.2. The van der Waals surface area contributed by atoms with Gasteiger partial charge in [0.05, 0.1) is 0 Å². The molecular formula is C15H17N3O2. The molecule has 1 aliphatic rings. The molecule has 3 rings (SSSR count). The van der Waals surface area contributed by atoms with E-state index in [0.29, 0.717) is 24.6 Å². The Morgan fingerprint density at radius 1 is 1.25 bits per heavy atom. The van der Waals surface area contributed by atoms with Crippen LogP contribution < -0.4 is 10.6 Å². The van der Waals surface area contributed by atoms with E-state index in [4.69, 9.17) is 0 Å². The highest BCUT2D eigenvalue weighted by Gasteiger charge is 2.22. The Hall–Kier alpha value is -2.30. The molecule has 1 fully saturated rings. The number of carbonyl (C=O) groups is 2. The van der Waals surface area contributed by atoms with E-state index in [0.717, 1.165) is 23.7 Å². The van der Waals surface area contributed by atoms with Crippen LogP contribution in [0.15, 0.2) is 30.5 Å². The van der Waals surface area contributed by atoms with Gasteiger partial charge in [-0.2, -0.15) is 0 Å². The molecule has 104 valence electrons. The SMILES string of the molecule is O=C(CCNC(=O)c1ccc2cc[nH]c2c1)NC1CC1. The highest BCUT2D eigenvalue weighted by molar-refractivity contribution is 5.98. The number of fused-ring (bicyclic) bond motifs is 1. The number of aromatic nitrogens is 1. The molecule has 0 radical (unpaired) electrons. The van der Waals surface area contributed by atoms with Gasteiger partial charge in [0, 0.05) is 36.3 Å². The average molecular weight is 271 g/mol. The fourth-order valence-electron chi connectivity index (χ4n) is 2.11. The lowest BCUT2D eigenvalue weighted by Crippen LogP contribution is -2.31. The van der Waals surface area contributed by atoms with E-state index < -0.39 is 0 Å². The maximum Gasteiger partial charge on any atom is 0.251 e. The van der Waals surface area contributed by atoms with Gasteiger partial charge in [-0.15, -0.1) is 0 Å². The largest absolute Gasteiger partial charge is 0.361 e. The Kier molecular flexibility index (Phi) is 3.41. The van der Waals surface area contributed by atoms with Gasteiger partial charge in [-0.25, -0.2) is 0 Å². The Morgan fingerprint density at radius 2 is 2.10 bits per heavy atom. The Balaban J connectivity index is 1.51. The van der Waals surface area contributed by atoms with Crippen LogP contribution in [0.1, 0.15) is 29.6 Å². The topological polar surface area (TPSA) is 74.0 Å². The summed E-state index contributed by atoms with van der Waals surface area (Å²) in [6, 6.07) is 7.83. The van der Waals surface area contributed by atoms with Gasteiger partial charge in [-0.3, -0.25) is 9.59 Å². The van der Waals surface area contributed by atoms with Crippen LogP contribution in [0.2, 0.25) is 0 Å². The first-order valence-electron chi connectivity index (χ1n) is 6.87. The summed E-state index contributed by atoms with van der Waals surface area (Å²) in [6.07, 6.45) is 4.32. The van der Waals surface area contributed by atoms with E-state index in [-0.39, 0.29) is 11.8 Å². The normalized spacial score (nSPS) is 14.2. The zero-order chi connectivity index (χ0) is 13.9. The van der Waals surface area contributed by atoms with Crippen molar-refractivity contribution in [1.29, 1.82) is 0 Å². The predicted octanol–water partition coefficient (Wildman–Crippen LogP) is 1.57. The van der Waals surface area contributed by atoms with E-state index in [1.54, 1.807) is 6.07 Å². The van der Waals surface area contributed by atoms with Crippen LogP contribution in [0.3, 0.4) is 0 Å². The third kappa shape index (κ3) is 2.99. The summed E-state index contributed by atoms with van der Waals surface area (Å²) in [5.74, 6) is -0.145. The van der Waals surface area contributed by atoms with E-state index in [1.807, 2.05) is 24.4 Å². The summed E-state index contributed by atoms with van der Waals surface area (Å²) in [7, 11) is 0. The molecule has 0 bridgehead atoms. The molecule has 0 spiro atoms. The number of rotatable bonds is 5. The molecule has 2 aromatic rings. The van der Waals surface area contributed by atoms with Crippen LogP contribution in [0.5, 0.6) is 0 Å². The summed E-state index contributed by atoms with van der Waals surface area (Å²) < 4.78 is 0. The number of amides is 2. The molecule has 0 aliphatic heterocycles. The van der Waals surface area contributed by atoms with Crippen molar-refractivity contribution in [2.24, 2.45) is 0 Å². The fourth-order valence-corrected chi connectivity index (χ4v) is 2.11. The highest BCUT2D eigenvalue weighted by Crippen LogP contribution is 2.18. The first-order chi connectivity index (χ1) is 9.72. The lowest BCUT2D eigenvalue weighted by atomic mass is 10.1. The van der Waals surface area contributed by atoms with Gasteiger partial charge >= 0.3 is 0 Å². The van der Waals surface area contributed by atoms with Gasteiger partial charge in [0.2, 0.25) is 5.91 Å². The van der Waals surface area contributed by atoms with Gasteiger partial charge in [0.25, 0.3) is 5.91 Å². The number of hydrogen-bond acceptors (Lipinski definition) is 2. The maximum absolute atomic E-state index is 12.0. The minimum Gasteiger partial charge on any atom is -0.361 e. The minimum atomic E-state index is -0.152. The van der Waals surface area contributed by atoms with Crippen molar-refractivity contribution >= 4 is 22.7 Å². The Bertz CT molecular complexity index is 643. The number of nitrogens with one attached hydrogen (secondary N) is 3. The molecule has 1 heterocycles. The molecule has 20 heavy (non-hydrogen) atoms. The van der Waals surface area contributed by atoms with Crippen LogP contribution >= 0.6 is 0 Å². The standard InChI is InChI=1S/C15H17N3O2/c19-14(18-12-3-4-12)6-8-17-15(20)11-2-1-10-5-7-16-13(10)9-11/h1-2,5,7,9,12,16H,3-4,6,8H2,(H,17,20)(H,18,19). The Labute approximate surface area is 116 Å². The van der Waals surface area contributed by atoms with Crippen molar-refractivity contribution in [3.63, 3.8) is 0 Å². The van der Waals surface area contributed by atoms with E-state index in [9.17, 15) is 9.59 Å². The molecule has 1 saturated carbocycles. The number of hydrogen-bond donors (Lipinski definition) is 3. The summed E-state index contributed by atoms with van der Waals surface area (Å²) in [5, 5.41) is 6.73. The molecular weight excluding hydrogens is 254 g/mol. The maximum atomic E-state index is 12.0. The number of benzene rings is 1. The lowest BCUT2D eigenvalue weighted by molar-refractivity contribution is -0.121. The first kappa shape index (κ1) is 12.7. The third-order valence-corrected chi connectivity index (χ3v) is 3.40. The number of H-pyrrole nitrogens is 1. The van der Waals surface area contributed by atoms with Crippen molar-refractivity contribution in [3.8, 4) is 0 Å². The zero-order valence-electron chi connectivity index (χ0n) is 11.1. The molecule has 5 heteroatoms. The zero-order valence-corrected chi connectivity index (χ0v) is 11.1. The van der Waals surface area contributed by atoms with Crippen molar-refractivity contribution in [3.05, 3.63) is 36.0 Å². The third-order valence-electron chi connectivity index (χ3n) is 3.40. The molecule has 0 saturated heterocycles. The quantitative estimate of drug-likeness (QED) is 0.772. The predicted molar refractivity (Wildman–Crippen MR) is 76.4 cm³/mol. The van der Waals surface area contributed by atoms with Gasteiger partial charge in [-0.1, -0.05) is 6.07 Å². The monoisotopic (exact) mass is 271 g/mol. The van der Waals surface area contributed by atoms with E-state index in [1.165, 1.54) is 0 Å². The Morgan fingerprint density at radius 3 is 2.90 bits per heavy atom. The molecule has 1 aromatic heterocycles. The first-order valence-corrected chi connectivity index (χ1v) is 6.87. The molecule has 1 aliphatic carbocycles. The summed E-state index contributed by atoms with van der Waals surface area (Å²) in [6.45, 7) is 0.361. The van der Waals surface area contributed by atoms with Gasteiger partial charge < -0.3 is 15.6 Å². The smallest absolute Gasteiger partial charge is 0.251 e. The van der Waals surface area contributed by atoms with Gasteiger partial charge in [0.15, 0.2) is 0 Å². The second kappa shape index (κ2) is 5.36. The molecule has 0 atom stereocenters.